The molecule has 0 aliphatic carbocycles. The maximum absolute atomic E-state index is 11.8. The predicted octanol–water partition coefficient (Wildman–Crippen LogP) is 2.13. The first-order chi connectivity index (χ1) is 9.61. The summed E-state index contributed by atoms with van der Waals surface area (Å²) in [6.45, 7) is 8.55. The second kappa shape index (κ2) is 10.2. The molecule has 1 saturated heterocycles. The van der Waals surface area contributed by atoms with Gasteiger partial charge in [0, 0.05) is 25.6 Å². The Bertz CT molecular complexity index is 270. The van der Waals surface area contributed by atoms with Gasteiger partial charge in [0.2, 0.25) is 5.91 Å². The average molecular weight is 283 g/mol. The molecule has 1 rings (SSSR count). The van der Waals surface area contributed by atoms with Crippen molar-refractivity contribution in [1.29, 1.82) is 0 Å². The molecule has 1 fully saturated rings. The smallest absolute Gasteiger partial charge is 0.220 e. The highest BCUT2D eigenvalue weighted by Crippen LogP contribution is 2.15. The van der Waals surface area contributed by atoms with Crippen LogP contribution in [0.4, 0.5) is 0 Å². The molecule has 2 atom stereocenters. The number of likely N-dealkylation sites (tertiary alicyclic amines) is 1. The summed E-state index contributed by atoms with van der Waals surface area (Å²) in [5.41, 5.74) is 5.45. The number of piperidine rings is 1. The molecule has 0 saturated carbocycles. The lowest BCUT2D eigenvalue weighted by atomic mass is 10.00. The third-order valence-corrected chi connectivity index (χ3v) is 4.04. The molecule has 1 aliphatic heterocycles. The molecule has 2 unspecified atom stereocenters. The number of nitrogens with two attached hydrogens (primary N) is 1. The van der Waals surface area contributed by atoms with E-state index >= 15 is 0 Å². The number of amides is 1. The zero-order chi connectivity index (χ0) is 14.8. The minimum atomic E-state index is 0.204. The van der Waals surface area contributed by atoms with Gasteiger partial charge in [-0.2, -0.15) is 0 Å². The summed E-state index contributed by atoms with van der Waals surface area (Å²) < 4.78 is 0. The standard InChI is InChI=1S/C16H33N3O/c1-14-8-7-11-19(12-14)13-15(2)18-16(20)9-5-3-4-6-10-17/h14-15H,3-13,17H2,1-2H3,(H,18,20). The molecule has 4 nitrogen and oxygen atoms in total. The monoisotopic (exact) mass is 283 g/mol. The van der Waals surface area contributed by atoms with Crippen LogP contribution in [0, 0.1) is 5.92 Å². The number of hydrogen-bond donors (Lipinski definition) is 2. The van der Waals surface area contributed by atoms with Gasteiger partial charge in [0.05, 0.1) is 0 Å². The van der Waals surface area contributed by atoms with Crippen molar-refractivity contribution in [3.05, 3.63) is 0 Å². The number of unbranched alkanes of at least 4 members (excludes halogenated alkanes) is 3. The molecule has 3 N–H and O–H groups in total. The summed E-state index contributed by atoms with van der Waals surface area (Å²) >= 11 is 0. The largest absolute Gasteiger partial charge is 0.352 e. The van der Waals surface area contributed by atoms with E-state index < -0.39 is 0 Å². The van der Waals surface area contributed by atoms with Gasteiger partial charge in [-0.3, -0.25) is 4.79 Å². The fraction of sp³-hybridized carbons (Fsp3) is 0.938. The van der Waals surface area contributed by atoms with Crippen molar-refractivity contribution in [3.8, 4) is 0 Å². The SMILES string of the molecule is CC1CCCN(CC(C)NC(=O)CCCCCCN)C1. The highest BCUT2D eigenvalue weighted by atomic mass is 16.1. The van der Waals surface area contributed by atoms with E-state index in [2.05, 4.69) is 24.1 Å². The minimum absolute atomic E-state index is 0.204. The summed E-state index contributed by atoms with van der Waals surface area (Å²) in [7, 11) is 0. The van der Waals surface area contributed by atoms with Crippen LogP contribution in [0.15, 0.2) is 0 Å². The predicted molar refractivity (Wildman–Crippen MR) is 84.6 cm³/mol. The van der Waals surface area contributed by atoms with Crippen LogP contribution in [0.2, 0.25) is 0 Å². The Labute approximate surface area is 124 Å². The molecular formula is C16H33N3O. The van der Waals surface area contributed by atoms with E-state index in [1.54, 1.807) is 0 Å². The topological polar surface area (TPSA) is 58.4 Å². The van der Waals surface area contributed by atoms with Crippen LogP contribution in [0.1, 0.15) is 58.8 Å². The van der Waals surface area contributed by atoms with Crippen LogP contribution in [0.25, 0.3) is 0 Å². The van der Waals surface area contributed by atoms with Gasteiger partial charge in [-0.1, -0.05) is 19.8 Å². The zero-order valence-electron chi connectivity index (χ0n) is 13.4. The fourth-order valence-electron chi connectivity index (χ4n) is 3.02. The average Bonchev–Trinajstić information content (AvgIpc) is 2.38. The second-order valence-electron chi connectivity index (χ2n) is 6.43. The third kappa shape index (κ3) is 7.85. The minimum Gasteiger partial charge on any atom is -0.352 e. The van der Waals surface area contributed by atoms with Crippen LogP contribution in [-0.2, 0) is 4.79 Å². The molecule has 4 heteroatoms. The Morgan fingerprint density at radius 2 is 2.10 bits per heavy atom. The molecule has 0 bridgehead atoms. The highest BCUT2D eigenvalue weighted by molar-refractivity contribution is 5.76. The maximum Gasteiger partial charge on any atom is 0.220 e. The van der Waals surface area contributed by atoms with Gasteiger partial charge >= 0.3 is 0 Å². The normalized spacial score (nSPS) is 21.6. The molecular weight excluding hydrogens is 250 g/mol. The molecule has 1 aliphatic rings. The second-order valence-corrected chi connectivity index (χ2v) is 6.43. The summed E-state index contributed by atoms with van der Waals surface area (Å²) in [4.78, 5) is 14.3. The van der Waals surface area contributed by atoms with Crippen molar-refractivity contribution < 1.29 is 4.79 Å². The Balaban J connectivity index is 2.08. The van der Waals surface area contributed by atoms with Gasteiger partial charge < -0.3 is 16.0 Å². The molecule has 1 amide bonds. The third-order valence-electron chi connectivity index (χ3n) is 4.04. The van der Waals surface area contributed by atoms with E-state index in [9.17, 15) is 4.79 Å². The van der Waals surface area contributed by atoms with Crippen molar-refractivity contribution in [3.63, 3.8) is 0 Å². The summed E-state index contributed by atoms with van der Waals surface area (Å²) in [5.74, 6) is 1.00. The van der Waals surface area contributed by atoms with Gasteiger partial charge in [-0.25, -0.2) is 0 Å². The van der Waals surface area contributed by atoms with E-state index in [0.717, 1.165) is 44.7 Å². The number of carbonyl (C=O) groups excluding carboxylic acids is 1. The summed E-state index contributed by atoms with van der Waals surface area (Å²) in [6, 6.07) is 0.261. The van der Waals surface area contributed by atoms with Gasteiger partial charge in [-0.15, -0.1) is 0 Å². The molecule has 0 spiro atoms. The van der Waals surface area contributed by atoms with Crippen LogP contribution in [0.5, 0.6) is 0 Å². The van der Waals surface area contributed by atoms with E-state index in [0.29, 0.717) is 6.42 Å². The Morgan fingerprint density at radius 3 is 2.80 bits per heavy atom. The van der Waals surface area contributed by atoms with Gasteiger partial charge in [0.25, 0.3) is 0 Å². The molecule has 118 valence electrons. The van der Waals surface area contributed by atoms with Crippen LogP contribution < -0.4 is 11.1 Å². The number of nitrogens with one attached hydrogen (secondary N) is 1. The fourth-order valence-corrected chi connectivity index (χ4v) is 3.02. The van der Waals surface area contributed by atoms with Crippen molar-refractivity contribution >= 4 is 5.91 Å². The van der Waals surface area contributed by atoms with E-state index in [1.807, 2.05) is 0 Å². The van der Waals surface area contributed by atoms with Gasteiger partial charge in [0.15, 0.2) is 0 Å². The van der Waals surface area contributed by atoms with E-state index in [-0.39, 0.29) is 11.9 Å². The molecule has 1 heterocycles. The van der Waals surface area contributed by atoms with Gasteiger partial charge in [-0.05, 0) is 51.6 Å². The lowest BCUT2D eigenvalue weighted by Gasteiger charge is -2.32. The Morgan fingerprint density at radius 1 is 1.35 bits per heavy atom. The summed E-state index contributed by atoms with van der Waals surface area (Å²) in [6.07, 6.45) is 7.62. The number of nitrogens with zero attached hydrogens (tertiary/aromatic N) is 1. The number of rotatable bonds is 9. The zero-order valence-corrected chi connectivity index (χ0v) is 13.4. The number of hydrogen-bond acceptors (Lipinski definition) is 3. The lowest BCUT2D eigenvalue weighted by molar-refractivity contribution is -0.121. The van der Waals surface area contributed by atoms with E-state index in [1.165, 1.54) is 25.9 Å². The van der Waals surface area contributed by atoms with Crippen LogP contribution in [-0.4, -0.2) is 43.0 Å². The highest BCUT2D eigenvalue weighted by Gasteiger charge is 2.18. The first-order valence-electron chi connectivity index (χ1n) is 8.33. The van der Waals surface area contributed by atoms with Crippen LogP contribution in [0.3, 0.4) is 0 Å². The quantitative estimate of drug-likeness (QED) is 0.637. The lowest BCUT2D eigenvalue weighted by Crippen LogP contribution is -2.45. The Kier molecular flexibility index (Phi) is 8.86. The van der Waals surface area contributed by atoms with Gasteiger partial charge in [0.1, 0.15) is 0 Å². The molecule has 20 heavy (non-hydrogen) atoms. The van der Waals surface area contributed by atoms with Crippen molar-refractivity contribution in [2.24, 2.45) is 11.7 Å². The molecule has 0 aromatic carbocycles. The van der Waals surface area contributed by atoms with Crippen molar-refractivity contribution in [2.45, 2.75) is 64.8 Å². The van der Waals surface area contributed by atoms with Crippen molar-refractivity contribution in [1.82, 2.24) is 10.2 Å². The van der Waals surface area contributed by atoms with Crippen molar-refractivity contribution in [2.75, 3.05) is 26.2 Å². The molecule has 0 aromatic rings. The first-order valence-corrected chi connectivity index (χ1v) is 8.33. The Hall–Kier alpha value is -0.610. The van der Waals surface area contributed by atoms with Crippen LogP contribution >= 0.6 is 0 Å². The summed E-state index contributed by atoms with van der Waals surface area (Å²) in [5, 5.41) is 3.13. The molecule has 0 radical (unpaired) electrons. The molecule has 0 aromatic heterocycles. The first kappa shape index (κ1) is 17.4. The van der Waals surface area contributed by atoms with E-state index in [4.69, 9.17) is 5.73 Å². The number of carbonyl (C=O) groups is 1. The maximum atomic E-state index is 11.8.